The van der Waals surface area contributed by atoms with Crippen molar-refractivity contribution in [1.29, 1.82) is 0 Å². The summed E-state index contributed by atoms with van der Waals surface area (Å²) in [4.78, 5) is 0. The van der Waals surface area contributed by atoms with Gasteiger partial charge < -0.3 is 10.1 Å². The standard InChI is InChI=1S/C11H13ClFNOS/c12-10-5-8(13)1-2-11(10)15-6-9-7-16-4-3-14-9/h1-2,5,9,14H,3-4,6-7H2. The van der Waals surface area contributed by atoms with Crippen LogP contribution in [0, 0.1) is 5.82 Å². The lowest BCUT2D eigenvalue weighted by molar-refractivity contribution is 0.275. The van der Waals surface area contributed by atoms with E-state index < -0.39 is 0 Å². The number of ether oxygens (including phenoxy) is 1. The first-order valence-corrected chi connectivity index (χ1v) is 6.68. The molecule has 88 valence electrons. The van der Waals surface area contributed by atoms with Crippen molar-refractivity contribution >= 4 is 23.4 Å². The van der Waals surface area contributed by atoms with Crippen LogP contribution in [0.2, 0.25) is 5.02 Å². The number of halogens is 2. The van der Waals surface area contributed by atoms with Crippen LogP contribution < -0.4 is 10.1 Å². The zero-order valence-corrected chi connectivity index (χ0v) is 10.3. The van der Waals surface area contributed by atoms with Gasteiger partial charge in [-0.15, -0.1) is 0 Å². The van der Waals surface area contributed by atoms with Crippen LogP contribution in [-0.4, -0.2) is 30.7 Å². The number of benzene rings is 1. The lowest BCUT2D eigenvalue weighted by atomic mass is 10.3. The Morgan fingerprint density at radius 2 is 2.44 bits per heavy atom. The monoisotopic (exact) mass is 261 g/mol. The number of thioether (sulfide) groups is 1. The largest absolute Gasteiger partial charge is 0.490 e. The first kappa shape index (κ1) is 12.0. The topological polar surface area (TPSA) is 21.3 Å². The third-order valence-electron chi connectivity index (χ3n) is 2.33. The van der Waals surface area contributed by atoms with Crippen molar-refractivity contribution in [2.45, 2.75) is 6.04 Å². The number of hydrogen-bond donors (Lipinski definition) is 1. The van der Waals surface area contributed by atoms with E-state index in [1.807, 2.05) is 11.8 Å². The molecule has 0 saturated carbocycles. The average molecular weight is 262 g/mol. The van der Waals surface area contributed by atoms with Gasteiger partial charge in [0, 0.05) is 18.1 Å². The maximum Gasteiger partial charge on any atom is 0.138 e. The quantitative estimate of drug-likeness (QED) is 0.904. The molecule has 1 heterocycles. The van der Waals surface area contributed by atoms with Crippen LogP contribution >= 0.6 is 23.4 Å². The van der Waals surface area contributed by atoms with E-state index >= 15 is 0 Å². The fourth-order valence-electron chi connectivity index (χ4n) is 1.51. The Morgan fingerprint density at radius 1 is 1.56 bits per heavy atom. The molecule has 1 aliphatic heterocycles. The van der Waals surface area contributed by atoms with Gasteiger partial charge in [-0.2, -0.15) is 11.8 Å². The van der Waals surface area contributed by atoms with E-state index in [0.29, 0.717) is 23.4 Å². The van der Waals surface area contributed by atoms with E-state index in [4.69, 9.17) is 16.3 Å². The summed E-state index contributed by atoms with van der Waals surface area (Å²) in [5, 5.41) is 3.68. The van der Waals surface area contributed by atoms with E-state index in [0.717, 1.165) is 18.1 Å². The van der Waals surface area contributed by atoms with Crippen LogP contribution in [0.15, 0.2) is 18.2 Å². The van der Waals surface area contributed by atoms with Gasteiger partial charge in [-0.1, -0.05) is 11.6 Å². The van der Waals surface area contributed by atoms with Gasteiger partial charge in [0.25, 0.3) is 0 Å². The summed E-state index contributed by atoms with van der Waals surface area (Å²) in [5.41, 5.74) is 0. The first-order valence-electron chi connectivity index (χ1n) is 5.14. The predicted molar refractivity (Wildman–Crippen MR) is 66.0 cm³/mol. The van der Waals surface area contributed by atoms with E-state index in [9.17, 15) is 4.39 Å². The van der Waals surface area contributed by atoms with Crippen molar-refractivity contribution in [1.82, 2.24) is 5.32 Å². The Kier molecular flexibility index (Phi) is 4.32. The second kappa shape index (κ2) is 5.75. The van der Waals surface area contributed by atoms with Crippen molar-refractivity contribution in [2.24, 2.45) is 0 Å². The Hall–Kier alpha value is -0.450. The third kappa shape index (κ3) is 3.27. The van der Waals surface area contributed by atoms with Crippen LogP contribution in [0.1, 0.15) is 0 Å². The zero-order chi connectivity index (χ0) is 11.4. The van der Waals surface area contributed by atoms with Crippen molar-refractivity contribution < 1.29 is 9.13 Å². The second-order valence-corrected chi connectivity index (χ2v) is 5.17. The Bertz CT molecular complexity index is 358. The highest BCUT2D eigenvalue weighted by Crippen LogP contribution is 2.25. The zero-order valence-electron chi connectivity index (χ0n) is 8.71. The van der Waals surface area contributed by atoms with Gasteiger partial charge in [-0.05, 0) is 18.2 Å². The molecule has 0 aliphatic carbocycles. The maximum atomic E-state index is 12.8. The Labute approximate surface area is 104 Å². The van der Waals surface area contributed by atoms with E-state index in [1.165, 1.54) is 12.1 Å². The lowest BCUT2D eigenvalue weighted by Crippen LogP contribution is -2.41. The van der Waals surface area contributed by atoms with Crippen LogP contribution in [-0.2, 0) is 0 Å². The molecular formula is C11H13ClFNOS. The van der Waals surface area contributed by atoms with Crippen molar-refractivity contribution in [2.75, 3.05) is 24.7 Å². The Balaban J connectivity index is 1.88. The molecule has 0 radical (unpaired) electrons. The fourth-order valence-corrected chi connectivity index (χ4v) is 2.66. The highest BCUT2D eigenvalue weighted by Gasteiger charge is 2.14. The molecule has 1 N–H and O–H groups in total. The summed E-state index contributed by atoms with van der Waals surface area (Å²) >= 11 is 7.77. The van der Waals surface area contributed by atoms with E-state index in [2.05, 4.69) is 5.32 Å². The van der Waals surface area contributed by atoms with Crippen LogP contribution in [0.25, 0.3) is 0 Å². The highest BCUT2D eigenvalue weighted by atomic mass is 35.5. The Morgan fingerprint density at radius 3 is 3.12 bits per heavy atom. The molecular weight excluding hydrogens is 249 g/mol. The van der Waals surface area contributed by atoms with Gasteiger partial charge in [0.05, 0.1) is 11.1 Å². The summed E-state index contributed by atoms with van der Waals surface area (Å²) in [6.45, 7) is 1.58. The summed E-state index contributed by atoms with van der Waals surface area (Å²) in [6, 6.07) is 4.53. The van der Waals surface area contributed by atoms with Crippen LogP contribution in [0.3, 0.4) is 0 Å². The molecule has 1 aliphatic rings. The van der Waals surface area contributed by atoms with Crippen molar-refractivity contribution in [3.05, 3.63) is 29.0 Å². The molecule has 5 heteroatoms. The van der Waals surface area contributed by atoms with Gasteiger partial charge in [0.1, 0.15) is 18.2 Å². The molecule has 2 nitrogen and oxygen atoms in total. The average Bonchev–Trinajstić information content (AvgIpc) is 2.29. The molecule has 1 aromatic carbocycles. The molecule has 0 bridgehead atoms. The smallest absolute Gasteiger partial charge is 0.138 e. The SMILES string of the molecule is Fc1ccc(OCC2CSCCN2)c(Cl)c1. The van der Waals surface area contributed by atoms with Gasteiger partial charge in [-0.25, -0.2) is 4.39 Å². The lowest BCUT2D eigenvalue weighted by Gasteiger charge is -2.23. The molecule has 2 rings (SSSR count). The van der Waals surface area contributed by atoms with Gasteiger partial charge in [0.2, 0.25) is 0 Å². The van der Waals surface area contributed by atoms with E-state index in [-0.39, 0.29) is 5.82 Å². The summed E-state index contributed by atoms with van der Waals surface area (Å²) in [7, 11) is 0. The number of rotatable bonds is 3. The van der Waals surface area contributed by atoms with Crippen LogP contribution in [0.5, 0.6) is 5.75 Å². The van der Waals surface area contributed by atoms with Crippen molar-refractivity contribution in [3.63, 3.8) is 0 Å². The number of hydrogen-bond acceptors (Lipinski definition) is 3. The van der Waals surface area contributed by atoms with Crippen LogP contribution in [0.4, 0.5) is 4.39 Å². The highest BCUT2D eigenvalue weighted by molar-refractivity contribution is 7.99. The molecule has 1 atom stereocenters. The minimum Gasteiger partial charge on any atom is -0.490 e. The minimum absolute atomic E-state index is 0.323. The predicted octanol–water partition coefficient (Wildman–Crippen LogP) is 2.56. The molecule has 1 saturated heterocycles. The minimum atomic E-state index is -0.344. The molecule has 1 fully saturated rings. The van der Waals surface area contributed by atoms with E-state index in [1.54, 1.807) is 6.07 Å². The molecule has 0 aromatic heterocycles. The first-order chi connectivity index (χ1) is 7.75. The summed E-state index contributed by atoms with van der Waals surface area (Å²) in [6.07, 6.45) is 0. The fraction of sp³-hybridized carbons (Fsp3) is 0.455. The summed E-state index contributed by atoms with van der Waals surface area (Å²) < 4.78 is 18.3. The van der Waals surface area contributed by atoms with Gasteiger partial charge >= 0.3 is 0 Å². The molecule has 1 aromatic rings. The maximum absolute atomic E-state index is 12.8. The molecule has 1 unspecified atom stereocenters. The normalized spacial score (nSPS) is 20.8. The third-order valence-corrected chi connectivity index (χ3v) is 3.76. The molecule has 16 heavy (non-hydrogen) atoms. The summed E-state index contributed by atoms with van der Waals surface area (Å²) in [5.74, 6) is 2.39. The molecule has 0 spiro atoms. The van der Waals surface area contributed by atoms with Gasteiger partial charge in [0.15, 0.2) is 0 Å². The molecule has 0 amide bonds. The van der Waals surface area contributed by atoms with Crippen molar-refractivity contribution in [3.8, 4) is 5.75 Å². The second-order valence-electron chi connectivity index (χ2n) is 3.61. The van der Waals surface area contributed by atoms with Gasteiger partial charge in [-0.3, -0.25) is 0 Å². The number of nitrogens with one attached hydrogen (secondary N) is 1.